The van der Waals surface area contributed by atoms with Crippen molar-refractivity contribution in [3.8, 4) is 0 Å². The Morgan fingerprint density at radius 3 is 1.32 bits per heavy atom. The fourth-order valence-corrected chi connectivity index (χ4v) is 7.40. The lowest BCUT2D eigenvalue weighted by Crippen LogP contribution is -2.37. The van der Waals surface area contributed by atoms with Crippen LogP contribution in [-0.4, -0.2) is 20.2 Å². The summed E-state index contributed by atoms with van der Waals surface area (Å²) >= 11 is 0. The molecular weight excluding hydrogens is 320 g/mol. The third kappa shape index (κ3) is 6.95. The number of hydrogen-bond acceptors (Lipinski definition) is 2. The molecule has 2 aromatic rings. The van der Waals surface area contributed by atoms with Gasteiger partial charge in [0.2, 0.25) is 0 Å². The molecule has 2 N–H and O–H groups in total. The highest BCUT2D eigenvalue weighted by atomic mass is 28.3. The summed E-state index contributed by atoms with van der Waals surface area (Å²) in [4.78, 5) is 0. The molecular formula is C22H34N2Si. The van der Waals surface area contributed by atoms with Crippen LogP contribution in [0.3, 0.4) is 0 Å². The third-order valence-electron chi connectivity index (χ3n) is 4.65. The molecule has 136 valence electrons. The van der Waals surface area contributed by atoms with Crippen molar-refractivity contribution in [2.75, 3.05) is 10.6 Å². The first-order valence-electron chi connectivity index (χ1n) is 9.40. The van der Waals surface area contributed by atoms with Gasteiger partial charge in [0.25, 0.3) is 0 Å². The van der Waals surface area contributed by atoms with E-state index in [1.165, 1.54) is 34.6 Å². The maximum absolute atomic E-state index is 3.67. The van der Waals surface area contributed by atoms with E-state index < -0.39 is 8.07 Å². The Morgan fingerprint density at radius 2 is 1.00 bits per heavy atom. The zero-order valence-corrected chi connectivity index (χ0v) is 17.7. The van der Waals surface area contributed by atoms with E-state index in [0.717, 1.165) is 0 Å². The van der Waals surface area contributed by atoms with Crippen LogP contribution in [0, 0.1) is 13.8 Å². The maximum Gasteiger partial charge on any atom is 0.0513 e. The fourth-order valence-electron chi connectivity index (χ4n) is 3.71. The summed E-state index contributed by atoms with van der Waals surface area (Å²) < 4.78 is 0. The smallest absolute Gasteiger partial charge is 0.0513 e. The molecule has 0 aliphatic rings. The highest BCUT2D eigenvalue weighted by Gasteiger charge is 2.26. The molecule has 0 spiro atoms. The molecule has 0 amide bonds. The first-order valence-corrected chi connectivity index (χ1v) is 12.8. The number of anilines is 2. The van der Waals surface area contributed by atoms with Gasteiger partial charge in [-0.15, -0.1) is 0 Å². The molecule has 2 nitrogen and oxygen atoms in total. The molecule has 2 aromatic carbocycles. The van der Waals surface area contributed by atoms with Crippen LogP contribution in [0.25, 0.3) is 0 Å². The second-order valence-electron chi connectivity index (χ2n) is 8.40. The van der Waals surface area contributed by atoms with Crippen molar-refractivity contribution in [2.24, 2.45) is 0 Å². The van der Waals surface area contributed by atoms with Gasteiger partial charge in [0.05, 0.1) is 8.07 Å². The number of hydrogen-bond donors (Lipinski definition) is 2. The van der Waals surface area contributed by atoms with E-state index in [0.29, 0.717) is 12.1 Å². The topological polar surface area (TPSA) is 24.1 Å². The van der Waals surface area contributed by atoms with Crippen molar-refractivity contribution in [2.45, 2.75) is 65.0 Å². The normalized spacial score (nSPS) is 14.0. The summed E-state index contributed by atoms with van der Waals surface area (Å²) in [6.45, 7) is 13.9. The Bertz CT molecular complexity index is 589. The summed E-state index contributed by atoms with van der Waals surface area (Å²) in [5.41, 5.74) is 5.08. The van der Waals surface area contributed by atoms with Crippen molar-refractivity contribution in [3.05, 3.63) is 59.7 Å². The molecule has 0 fully saturated rings. The molecule has 2 rings (SSSR count). The first-order chi connectivity index (χ1) is 11.7. The van der Waals surface area contributed by atoms with Crippen molar-refractivity contribution in [3.63, 3.8) is 0 Å². The van der Waals surface area contributed by atoms with E-state index >= 15 is 0 Å². The predicted molar refractivity (Wildman–Crippen MR) is 116 cm³/mol. The van der Waals surface area contributed by atoms with Gasteiger partial charge in [-0.3, -0.25) is 0 Å². The van der Waals surface area contributed by atoms with E-state index in [-0.39, 0.29) is 0 Å². The molecule has 2 unspecified atom stereocenters. The standard InChI is InChI=1S/C22H34N2Si/c1-17-7-11-21(12-8-17)23-19(3)15-25(5,6)16-20(4)24-22-13-9-18(2)10-14-22/h7-14,19-20,23-24H,15-16H2,1-6H3. The molecule has 2 atom stereocenters. The fraction of sp³-hybridized carbons (Fsp3) is 0.455. The van der Waals surface area contributed by atoms with Gasteiger partial charge in [-0.1, -0.05) is 48.5 Å². The van der Waals surface area contributed by atoms with Crippen LogP contribution in [-0.2, 0) is 0 Å². The van der Waals surface area contributed by atoms with E-state index in [9.17, 15) is 0 Å². The van der Waals surface area contributed by atoms with Gasteiger partial charge >= 0.3 is 0 Å². The third-order valence-corrected chi connectivity index (χ3v) is 8.08. The van der Waals surface area contributed by atoms with Gasteiger partial charge in [0, 0.05) is 23.5 Å². The van der Waals surface area contributed by atoms with Crippen LogP contribution in [0.5, 0.6) is 0 Å². The average Bonchev–Trinajstić information content (AvgIpc) is 2.50. The van der Waals surface area contributed by atoms with Gasteiger partial charge in [0.15, 0.2) is 0 Å². The monoisotopic (exact) mass is 354 g/mol. The minimum atomic E-state index is -1.28. The molecule has 0 saturated carbocycles. The van der Waals surface area contributed by atoms with Crippen LogP contribution < -0.4 is 10.6 Å². The SMILES string of the molecule is Cc1ccc(NC(C)C[Si](C)(C)CC(C)Nc2ccc(C)cc2)cc1. The largest absolute Gasteiger partial charge is 0.383 e. The van der Waals surface area contributed by atoms with Gasteiger partial charge in [-0.25, -0.2) is 0 Å². The Morgan fingerprint density at radius 1 is 0.680 bits per heavy atom. The maximum atomic E-state index is 3.67. The summed E-state index contributed by atoms with van der Waals surface area (Å²) in [6, 6.07) is 21.0. The lowest BCUT2D eigenvalue weighted by Gasteiger charge is -2.30. The average molecular weight is 355 g/mol. The molecule has 0 saturated heterocycles. The van der Waals surface area contributed by atoms with Gasteiger partial charge in [-0.2, -0.15) is 0 Å². The summed E-state index contributed by atoms with van der Waals surface area (Å²) in [6.07, 6.45) is 0. The molecule has 0 aliphatic heterocycles. The highest BCUT2D eigenvalue weighted by Crippen LogP contribution is 2.23. The molecule has 0 aliphatic carbocycles. The Hall–Kier alpha value is -1.74. The predicted octanol–water partition coefficient (Wildman–Crippen LogP) is 6.31. The lowest BCUT2D eigenvalue weighted by molar-refractivity contribution is 0.831. The second-order valence-corrected chi connectivity index (χ2v) is 13.5. The zero-order chi connectivity index (χ0) is 18.4. The number of aryl methyl sites for hydroxylation is 2. The van der Waals surface area contributed by atoms with Crippen molar-refractivity contribution in [1.29, 1.82) is 0 Å². The molecule has 0 radical (unpaired) electrons. The molecule has 0 heterocycles. The van der Waals surface area contributed by atoms with E-state index in [1.54, 1.807) is 0 Å². The Balaban J connectivity index is 1.84. The Kier molecular flexibility index (Phi) is 6.71. The van der Waals surface area contributed by atoms with E-state index in [1.807, 2.05) is 0 Å². The van der Waals surface area contributed by atoms with Crippen molar-refractivity contribution >= 4 is 19.4 Å². The lowest BCUT2D eigenvalue weighted by atomic mass is 10.2. The van der Waals surface area contributed by atoms with Crippen LogP contribution in [0.2, 0.25) is 25.2 Å². The zero-order valence-electron chi connectivity index (χ0n) is 16.7. The molecule has 0 bridgehead atoms. The Labute approximate surface area is 155 Å². The number of rotatable bonds is 8. The summed E-state index contributed by atoms with van der Waals surface area (Å²) in [5, 5.41) is 7.34. The molecule has 3 heteroatoms. The van der Waals surface area contributed by atoms with Crippen LogP contribution in [0.1, 0.15) is 25.0 Å². The summed E-state index contributed by atoms with van der Waals surface area (Å²) in [5.74, 6) is 0. The second kappa shape index (κ2) is 8.57. The molecule has 0 aromatic heterocycles. The first kappa shape index (κ1) is 19.6. The van der Waals surface area contributed by atoms with Gasteiger partial charge < -0.3 is 10.6 Å². The summed E-state index contributed by atoms with van der Waals surface area (Å²) in [7, 11) is -1.28. The minimum absolute atomic E-state index is 0.510. The van der Waals surface area contributed by atoms with Gasteiger partial charge in [0.1, 0.15) is 0 Å². The minimum Gasteiger partial charge on any atom is -0.383 e. The van der Waals surface area contributed by atoms with Gasteiger partial charge in [-0.05, 0) is 64.0 Å². The van der Waals surface area contributed by atoms with Crippen molar-refractivity contribution < 1.29 is 0 Å². The van der Waals surface area contributed by atoms with Crippen LogP contribution in [0.15, 0.2) is 48.5 Å². The number of nitrogens with one attached hydrogen (secondary N) is 2. The van der Waals surface area contributed by atoms with Crippen LogP contribution in [0.4, 0.5) is 11.4 Å². The van der Waals surface area contributed by atoms with E-state index in [4.69, 9.17) is 0 Å². The quantitative estimate of drug-likeness (QED) is 0.543. The van der Waals surface area contributed by atoms with E-state index in [2.05, 4.69) is 100.0 Å². The molecule has 25 heavy (non-hydrogen) atoms. The van der Waals surface area contributed by atoms with Crippen LogP contribution >= 0.6 is 0 Å². The number of benzene rings is 2. The highest BCUT2D eigenvalue weighted by molar-refractivity contribution is 6.77. The van der Waals surface area contributed by atoms with Crippen molar-refractivity contribution in [1.82, 2.24) is 0 Å².